The molecule has 1 N–H and O–H groups in total. The molecule has 0 radical (unpaired) electrons. The fourth-order valence-corrected chi connectivity index (χ4v) is 4.87. The third-order valence-corrected chi connectivity index (χ3v) is 6.67. The van der Waals surface area contributed by atoms with Gasteiger partial charge in [0.25, 0.3) is 0 Å². The number of ether oxygens (including phenoxy) is 1. The summed E-state index contributed by atoms with van der Waals surface area (Å²) in [6.07, 6.45) is 7.69. The molecular formula is C27H33FN2O3. The van der Waals surface area contributed by atoms with Crippen LogP contribution < -0.4 is 10.1 Å². The second kappa shape index (κ2) is 11.3. The van der Waals surface area contributed by atoms with Crippen molar-refractivity contribution in [1.29, 1.82) is 0 Å². The van der Waals surface area contributed by atoms with Gasteiger partial charge in [0, 0.05) is 19.0 Å². The highest BCUT2D eigenvalue weighted by Crippen LogP contribution is 2.29. The molecule has 176 valence electrons. The minimum atomic E-state index is -0.432. The van der Waals surface area contributed by atoms with Gasteiger partial charge in [-0.1, -0.05) is 43.5 Å². The van der Waals surface area contributed by atoms with Crippen molar-refractivity contribution in [3.8, 4) is 5.75 Å². The van der Waals surface area contributed by atoms with Crippen LogP contribution in [0.1, 0.15) is 62.5 Å². The Balaban J connectivity index is 1.50. The largest absolute Gasteiger partial charge is 0.489 e. The molecule has 2 aromatic rings. The number of rotatable bonds is 7. The van der Waals surface area contributed by atoms with E-state index >= 15 is 0 Å². The highest BCUT2D eigenvalue weighted by Gasteiger charge is 2.34. The number of nitrogens with one attached hydrogen (secondary N) is 1. The van der Waals surface area contributed by atoms with Gasteiger partial charge in [0.05, 0.1) is 0 Å². The monoisotopic (exact) mass is 452 g/mol. The molecule has 2 aromatic carbocycles. The lowest BCUT2D eigenvalue weighted by Gasteiger charge is -2.34. The van der Waals surface area contributed by atoms with E-state index in [2.05, 4.69) is 5.32 Å². The Morgan fingerprint density at radius 1 is 0.970 bits per heavy atom. The highest BCUT2D eigenvalue weighted by atomic mass is 19.1. The van der Waals surface area contributed by atoms with Crippen LogP contribution in [0.25, 0.3) is 0 Å². The first-order valence-corrected chi connectivity index (χ1v) is 12.1. The van der Waals surface area contributed by atoms with Crippen LogP contribution in [0, 0.1) is 11.7 Å². The summed E-state index contributed by atoms with van der Waals surface area (Å²) in [5.41, 5.74) is 1.68. The van der Waals surface area contributed by atoms with Crippen LogP contribution in [0.2, 0.25) is 0 Å². The molecule has 0 bridgehead atoms. The predicted octanol–water partition coefficient (Wildman–Crippen LogP) is 4.98. The van der Waals surface area contributed by atoms with Crippen molar-refractivity contribution in [2.75, 3.05) is 6.54 Å². The Labute approximate surface area is 195 Å². The van der Waals surface area contributed by atoms with Crippen molar-refractivity contribution < 1.29 is 18.7 Å². The molecule has 1 aliphatic carbocycles. The molecule has 2 amide bonds. The molecule has 2 fully saturated rings. The Morgan fingerprint density at radius 3 is 2.55 bits per heavy atom. The number of hydrogen-bond acceptors (Lipinski definition) is 3. The number of hydrogen-bond donors (Lipinski definition) is 1. The Bertz CT molecular complexity index is 958. The minimum absolute atomic E-state index is 0.00205. The standard InChI is InChI=1S/C27H33FN2O3/c28-23-12-6-9-21(16-23)19-33-24-13-7-8-20(17-24)18-30(25-14-4-5-15-29-26(25)31)27(32)22-10-2-1-3-11-22/h6-9,12-13,16-17,22,25H,1-5,10-11,14-15,18-19H2,(H,29,31)/t25-/m0/s1. The molecule has 0 unspecified atom stereocenters. The Hall–Kier alpha value is -2.89. The summed E-state index contributed by atoms with van der Waals surface area (Å²) in [6.45, 7) is 1.31. The molecule has 33 heavy (non-hydrogen) atoms. The molecule has 1 saturated heterocycles. The zero-order valence-electron chi connectivity index (χ0n) is 19.1. The van der Waals surface area contributed by atoms with Gasteiger partial charge in [-0.25, -0.2) is 4.39 Å². The number of nitrogens with zero attached hydrogens (tertiary/aromatic N) is 1. The Kier molecular flexibility index (Phi) is 7.97. The van der Waals surface area contributed by atoms with E-state index in [1.54, 1.807) is 6.07 Å². The summed E-state index contributed by atoms with van der Waals surface area (Å²) in [5, 5.41) is 2.98. The van der Waals surface area contributed by atoms with Crippen molar-refractivity contribution in [2.45, 2.75) is 70.6 Å². The van der Waals surface area contributed by atoms with E-state index in [1.807, 2.05) is 35.2 Å². The number of carbonyl (C=O) groups is 2. The molecule has 0 spiro atoms. The molecule has 1 aliphatic heterocycles. The van der Waals surface area contributed by atoms with Gasteiger partial charge < -0.3 is 15.0 Å². The maximum absolute atomic E-state index is 13.6. The van der Waals surface area contributed by atoms with E-state index in [9.17, 15) is 14.0 Å². The molecule has 5 nitrogen and oxygen atoms in total. The van der Waals surface area contributed by atoms with E-state index in [-0.39, 0.29) is 30.2 Å². The topological polar surface area (TPSA) is 58.6 Å². The first-order chi connectivity index (χ1) is 16.1. The zero-order chi connectivity index (χ0) is 23.0. The molecular weight excluding hydrogens is 419 g/mol. The van der Waals surface area contributed by atoms with Crippen LogP contribution in [-0.4, -0.2) is 29.3 Å². The molecule has 1 saturated carbocycles. The smallest absolute Gasteiger partial charge is 0.242 e. The molecule has 4 rings (SSSR count). The fraction of sp³-hybridized carbons (Fsp3) is 0.481. The summed E-state index contributed by atoms with van der Waals surface area (Å²) in [4.78, 5) is 28.2. The first kappa shape index (κ1) is 23.3. The maximum Gasteiger partial charge on any atom is 0.242 e. The fourth-order valence-electron chi connectivity index (χ4n) is 4.87. The summed E-state index contributed by atoms with van der Waals surface area (Å²) >= 11 is 0. The number of benzene rings is 2. The minimum Gasteiger partial charge on any atom is -0.489 e. The van der Waals surface area contributed by atoms with Crippen LogP contribution >= 0.6 is 0 Å². The lowest BCUT2D eigenvalue weighted by atomic mass is 9.87. The van der Waals surface area contributed by atoms with Crippen molar-refractivity contribution in [2.24, 2.45) is 5.92 Å². The second-order valence-corrected chi connectivity index (χ2v) is 9.17. The summed E-state index contributed by atoms with van der Waals surface area (Å²) in [5.74, 6) is 0.427. The molecule has 0 aromatic heterocycles. The lowest BCUT2D eigenvalue weighted by molar-refractivity contribution is -0.145. The average molecular weight is 453 g/mol. The van der Waals surface area contributed by atoms with E-state index in [1.165, 1.54) is 18.6 Å². The zero-order valence-corrected chi connectivity index (χ0v) is 19.1. The van der Waals surface area contributed by atoms with Crippen LogP contribution in [0.5, 0.6) is 5.75 Å². The van der Waals surface area contributed by atoms with Crippen LogP contribution in [0.3, 0.4) is 0 Å². The Morgan fingerprint density at radius 2 is 1.73 bits per heavy atom. The van der Waals surface area contributed by atoms with E-state index in [0.29, 0.717) is 25.3 Å². The second-order valence-electron chi connectivity index (χ2n) is 9.17. The van der Waals surface area contributed by atoms with Crippen molar-refractivity contribution >= 4 is 11.8 Å². The maximum atomic E-state index is 13.6. The van der Waals surface area contributed by atoms with E-state index in [4.69, 9.17) is 4.74 Å². The van der Waals surface area contributed by atoms with Crippen LogP contribution in [-0.2, 0) is 22.7 Å². The molecule has 2 aliphatic rings. The van der Waals surface area contributed by atoms with Gasteiger partial charge in [-0.3, -0.25) is 9.59 Å². The molecule has 6 heteroatoms. The van der Waals surface area contributed by atoms with Crippen molar-refractivity contribution in [3.63, 3.8) is 0 Å². The normalized spacial score (nSPS) is 19.4. The van der Waals surface area contributed by atoms with Gasteiger partial charge in [-0.05, 0) is 67.5 Å². The van der Waals surface area contributed by atoms with Gasteiger partial charge in [0.2, 0.25) is 11.8 Å². The van der Waals surface area contributed by atoms with Crippen molar-refractivity contribution in [3.05, 3.63) is 65.5 Å². The highest BCUT2D eigenvalue weighted by molar-refractivity contribution is 5.88. The number of carbonyl (C=O) groups excluding carboxylic acids is 2. The molecule has 1 atom stereocenters. The van der Waals surface area contributed by atoms with Gasteiger partial charge >= 0.3 is 0 Å². The van der Waals surface area contributed by atoms with Crippen LogP contribution in [0.15, 0.2) is 48.5 Å². The SMILES string of the molecule is O=C1NCCCC[C@@H]1N(Cc1cccc(OCc2cccc(F)c2)c1)C(=O)C1CCCCC1. The predicted molar refractivity (Wildman–Crippen MR) is 125 cm³/mol. The van der Waals surface area contributed by atoms with Crippen molar-refractivity contribution in [1.82, 2.24) is 10.2 Å². The van der Waals surface area contributed by atoms with Crippen LogP contribution in [0.4, 0.5) is 4.39 Å². The van der Waals surface area contributed by atoms with Gasteiger partial charge in [-0.15, -0.1) is 0 Å². The summed E-state index contributed by atoms with van der Waals surface area (Å²) in [7, 11) is 0. The third-order valence-electron chi connectivity index (χ3n) is 6.67. The third kappa shape index (κ3) is 6.34. The first-order valence-electron chi connectivity index (χ1n) is 12.1. The average Bonchev–Trinajstić information content (AvgIpc) is 3.06. The lowest BCUT2D eigenvalue weighted by Crippen LogP contribution is -2.50. The van der Waals surface area contributed by atoms with Gasteiger partial charge in [0.15, 0.2) is 0 Å². The van der Waals surface area contributed by atoms with Gasteiger partial charge in [0.1, 0.15) is 24.2 Å². The summed E-state index contributed by atoms with van der Waals surface area (Å²) < 4.78 is 19.3. The van der Waals surface area contributed by atoms with E-state index < -0.39 is 6.04 Å². The number of halogens is 1. The quantitative estimate of drug-likeness (QED) is 0.644. The van der Waals surface area contributed by atoms with E-state index in [0.717, 1.165) is 49.7 Å². The number of amides is 2. The molecule has 1 heterocycles. The summed E-state index contributed by atoms with van der Waals surface area (Å²) in [6, 6.07) is 13.5. The van der Waals surface area contributed by atoms with Gasteiger partial charge in [-0.2, -0.15) is 0 Å².